The molecule has 2 aromatic rings. The summed E-state index contributed by atoms with van der Waals surface area (Å²) in [6, 6.07) is 9.28. The Labute approximate surface area is 167 Å². The van der Waals surface area contributed by atoms with Crippen LogP contribution in [0, 0.1) is 11.6 Å². The molecule has 0 aromatic heterocycles. The van der Waals surface area contributed by atoms with E-state index in [9.17, 15) is 18.4 Å². The van der Waals surface area contributed by atoms with Gasteiger partial charge in [0.2, 0.25) is 5.91 Å². The Hall–Kier alpha value is -2.67. The molecule has 0 saturated carbocycles. The molecule has 28 heavy (non-hydrogen) atoms. The second kappa shape index (κ2) is 11.2. The van der Waals surface area contributed by atoms with Gasteiger partial charge in [-0.25, -0.2) is 8.78 Å². The van der Waals surface area contributed by atoms with Crippen LogP contribution in [0.4, 0.5) is 8.78 Å². The number of rotatable bonds is 10. The lowest BCUT2D eigenvalue weighted by molar-refractivity contribution is -0.120. The van der Waals surface area contributed by atoms with E-state index in [0.29, 0.717) is 18.9 Å². The second-order valence-corrected chi connectivity index (χ2v) is 6.40. The van der Waals surface area contributed by atoms with Gasteiger partial charge in [0, 0.05) is 19.5 Å². The van der Waals surface area contributed by atoms with Crippen LogP contribution >= 0.6 is 11.6 Å². The average Bonchev–Trinajstić information content (AvgIpc) is 2.66. The number of hydrogen-bond acceptors (Lipinski definition) is 3. The van der Waals surface area contributed by atoms with E-state index in [0.717, 1.165) is 25.0 Å². The topological polar surface area (TPSA) is 67.4 Å². The minimum atomic E-state index is -0.524. The molecule has 0 unspecified atom stereocenters. The van der Waals surface area contributed by atoms with E-state index in [1.807, 2.05) is 0 Å². The average molecular weight is 411 g/mol. The van der Waals surface area contributed by atoms with Crippen molar-refractivity contribution < 1.29 is 23.1 Å². The van der Waals surface area contributed by atoms with Crippen LogP contribution < -0.4 is 15.4 Å². The molecule has 0 fully saturated rings. The summed E-state index contributed by atoms with van der Waals surface area (Å²) in [4.78, 5) is 23.7. The van der Waals surface area contributed by atoms with Gasteiger partial charge in [0.1, 0.15) is 17.4 Å². The third kappa shape index (κ3) is 7.52. The normalized spacial score (nSPS) is 10.4. The van der Waals surface area contributed by atoms with E-state index in [1.165, 1.54) is 18.2 Å². The van der Waals surface area contributed by atoms with Crippen LogP contribution in [0.2, 0.25) is 5.02 Å². The van der Waals surface area contributed by atoms with E-state index in [4.69, 9.17) is 16.3 Å². The van der Waals surface area contributed by atoms with E-state index in [2.05, 4.69) is 10.6 Å². The van der Waals surface area contributed by atoms with Gasteiger partial charge >= 0.3 is 0 Å². The number of nitrogens with one attached hydrogen (secondary N) is 2. The summed E-state index contributed by atoms with van der Waals surface area (Å²) in [7, 11) is 0. The van der Waals surface area contributed by atoms with Crippen molar-refractivity contribution in [1.82, 2.24) is 10.6 Å². The van der Waals surface area contributed by atoms with Crippen molar-refractivity contribution in [3.05, 3.63) is 64.7 Å². The molecule has 0 atom stereocenters. The highest BCUT2D eigenvalue weighted by atomic mass is 35.5. The van der Waals surface area contributed by atoms with Gasteiger partial charge in [0.15, 0.2) is 0 Å². The molecule has 0 aliphatic carbocycles. The van der Waals surface area contributed by atoms with Crippen molar-refractivity contribution >= 4 is 23.4 Å². The number of halogens is 3. The van der Waals surface area contributed by atoms with Crippen molar-refractivity contribution in [2.75, 3.05) is 19.7 Å². The number of benzene rings is 2. The molecule has 0 spiro atoms. The number of carbonyl (C=O) groups is 2. The molecule has 5 nitrogen and oxygen atoms in total. The van der Waals surface area contributed by atoms with Gasteiger partial charge in [-0.05, 0) is 55.3 Å². The molecular weight excluding hydrogens is 390 g/mol. The van der Waals surface area contributed by atoms with E-state index in [-0.39, 0.29) is 35.3 Å². The molecule has 2 amide bonds. The van der Waals surface area contributed by atoms with Gasteiger partial charge in [-0.3, -0.25) is 9.59 Å². The molecule has 2 rings (SSSR count). The zero-order chi connectivity index (χ0) is 20.4. The largest absolute Gasteiger partial charge is 0.494 e. The van der Waals surface area contributed by atoms with E-state index >= 15 is 0 Å². The fourth-order valence-corrected chi connectivity index (χ4v) is 2.58. The first-order valence-corrected chi connectivity index (χ1v) is 9.22. The molecule has 0 bridgehead atoms. The molecule has 0 radical (unpaired) electrons. The molecule has 0 heterocycles. The molecular formula is C20H21ClF2N2O3. The van der Waals surface area contributed by atoms with Crippen molar-refractivity contribution in [3.8, 4) is 5.75 Å². The van der Waals surface area contributed by atoms with Crippen LogP contribution in [-0.4, -0.2) is 31.5 Å². The monoisotopic (exact) mass is 410 g/mol. The lowest BCUT2D eigenvalue weighted by Crippen LogP contribution is -2.31. The smallest absolute Gasteiger partial charge is 0.252 e. The maximum atomic E-state index is 13.0. The molecule has 2 N–H and O–H groups in total. The Bertz CT molecular complexity index is 801. The van der Waals surface area contributed by atoms with Gasteiger partial charge in [0.25, 0.3) is 5.91 Å². The fourth-order valence-electron chi connectivity index (χ4n) is 2.32. The van der Waals surface area contributed by atoms with Crippen molar-refractivity contribution in [3.63, 3.8) is 0 Å². The quantitative estimate of drug-likeness (QED) is 0.587. The Morgan fingerprint density at radius 3 is 2.36 bits per heavy atom. The number of ether oxygens (including phenoxy) is 1. The van der Waals surface area contributed by atoms with Gasteiger partial charge in [-0.15, -0.1) is 0 Å². The summed E-state index contributed by atoms with van der Waals surface area (Å²) in [5.74, 6) is -0.890. The maximum Gasteiger partial charge on any atom is 0.252 e. The van der Waals surface area contributed by atoms with E-state index < -0.39 is 11.7 Å². The van der Waals surface area contributed by atoms with Gasteiger partial charge in [0.05, 0.1) is 17.2 Å². The molecule has 8 heteroatoms. The summed E-state index contributed by atoms with van der Waals surface area (Å²) >= 11 is 5.82. The van der Waals surface area contributed by atoms with Crippen LogP contribution in [-0.2, 0) is 4.79 Å². The predicted octanol–water partition coefficient (Wildman–Crippen LogP) is 3.71. The van der Waals surface area contributed by atoms with Crippen LogP contribution in [0.15, 0.2) is 42.5 Å². The van der Waals surface area contributed by atoms with Crippen LogP contribution in [0.1, 0.15) is 29.6 Å². The molecule has 0 aliphatic heterocycles. The number of amides is 2. The fraction of sp³-hybridized carbons (Fsp3) is 0.300. The number of hydrogen-bond donors (Lipinski definition) is 2. The summed E-state index contributed by atoms with van der Waals surface area (Å²) in [5.41, 5.74) is 0.157. The third-order valence-corrected chi connectivity index (χ3v) is 4.10. The van der Waals surface area contributed by atoms with Crippen LogP contribution in [0.3, 0.4) is 0 Å². The predicted molar refractivity (Wildman–Crippen MR) is 102 cm³/mol. The van der Waals surface area contributed by atoms with Gasteiger partial charge in [-0.1, -0.05) is 11.6 Å². The zero-order valence-electron chi connectivity index (χ0n) is 15.1. The standard InChI is InChI=1S/C20H21ClF2N2O3/c21-18-13-15(23)5-8-17(18)20(27)25-11-9-19(26)24-10-1-2-12-28-16-6-3-14(22)4-7-16/h3-8,13H,1-2,9-12H2,(H,24,26)(H,25,27). The first-order valence-electron chi connectivity index (χ1n) is 8.84. The Morgan fingerprint density at radius 1 is 0.929 bits per heavy atom. The SMILES string of the molecule is O=C(CCNC(=O)c1ccc(F)cc1Cl)NCCCCOc1ccc(F)cc1. The molecule has 150 valence electrons. The minimum absolute atomic E-state index is 0.0183. The molecule has 0 aliphatic rings. The Kier molecular flexibility index (Phi) is 8.68. The van der Waals surface area contributed by atoms with Crippen molar-refractivity contribution in [2.45, 2.75) is 19.3 Å². The van der Waals surface area contributed by atoms with Crippen LogP contribution in [0.5, 0.6) is 5.75 Å². The lowest BCUT2D eigenvalue weighted by atomic mass is 10.2. The third-order valence-electron chi connectivity index (χ3n) is 3.79. The first kappa shape index (κ1) is 21.6. The summed E-state index contributed by atoms with van der Waals surface area (Å²) in [5, 5.41) is 5.34. The highest BCUT2D eigenvalue weighted by Gasteiger charge is 2.11. The van der Waals surface area contributed by atoms with Crippen molar-refractivity contribution in [1.29, 1.82) is 0 Å². The lowest BCUT2D eigenvalue weighted by Gasteiger charge is -2.08. The highest BCUT2D eigenvalue weighted by molar-refractivity contribution is 6.33. The molecule has 2 aromatic carbocycles. The summed E-state index contributed by atoms with van der Waals surface area (Å²) in [6.07, 6.45) is 1.58. The highest BCUT2D eigenvalue weighted by Crippen LogP contribution is 2.17. The zero-order valence-corrected chi connectivity index (χ0v) is 15.9. The van der Waals surface area contributed by atoms with Gasteiger partial charge in [-0.2, -0.15) is 0 Å². The second-order valence-electron chi connectivity index (χ2n) is 5.99. The summed E-state index contributed by atoms with van der Waals surface area (Å²) in [6.45, 7) is 1.10. The number of carbonyl (C=O) groups excluding carboxylic acids is 2. The number of unbranched alkanes of at least 4 members (excludes halogenated alkanes) is 1. The molecule has 0 saturated heterocycles. The first-order chi connectivity index (χ1) is 13.5. The van der Waals surface area contributed by atoms with Crippen molar-refractivity contribution in [2.24, 2.45) is 0 Å². The van der Waals surface area contributed by atoms with Crippen LogP contribution in [0.25, 0.3) is 0 Å². The van der Waals surface area contributed by atoms with Gasteiger partial charge < -0.3 is 15.4 Å². The minimum Gasteiger partial charge on any atom is -0.494 e. The summed E-state index contributed by atoms with van der Waals surface area (Å²) < 4.78 is 31.2. The Morgan fingerprint density at radius 2 is 1.64 bits per heavy atom. The Balaban J connectivity index is 1.54. The van der Waals surface area contributed by atoms with E-state index in [1.54, 1.807) is 12.1 Å². The maximum absolute atomic E-state index is 13.0.